The summed E-state index contributed by atoms with van der Waals surface area (Å²) in [5.74, 6) is -7.59. The van der Waals surface area contributed by atoms with Gasteiger partial charge in [-0.05, 0) is 43.5 Å². The van der Waals surface area contributed by atoms with Gasteiger partial charge >= 0.3 is 17.4 Å². The first-order chi connectivity index (χ1) is 10.0. The lowest BCUT2D eigenvalue weighted by atomic mass is 9.86. The first kappa shape index (κ1) is 17.2. The maximum atomic E-state index is 12.1. The number of anilines is 1. The van der Waals surface area contributed by atoms with Crippen molar-refractivity contribution in [3.8, 4) is 0 Å². The number of carboxylic acid groups (broad SMARTS) is 2. The SMILES string of the molecule is Cc1cc(C)c(NC(=O)C(C(N)=O)(C(=O)O)C(=O)O)cc1C. The summed E-state index contributed by atoms with van der Waals surface area (Å²) in [5, 5.41) is 20.2. The lowest BCUT2D eigenvalue weighted by Crippen LogP contribution is -2.57. The van der Waals surface area contributed by atoms with Crippen molar-refractivity contribution in [3.63, 3.8) is 0 Å². The van der Waals surface area contributed by atoms with E-state index in [2.05, 4.69) is 5.32 Å². The summed E-state index contributed by atoms with van der Waals surface area (Å²) < 4.78 is 0. The zero-order chi connectivity index (χ0) is 17.2. The van der Waals surface area contributed by atoms with Crippen LogP contribution in [0.3, 0.4) is 0 Å². The Hall–Kier alpha value is -2.90. The summed E-state index contributed by atoms with van der Waals surface area (Å²) in [4.78, 5) is 45.9. The van der Waals surface area contributed by atoms with Crippen LogP contribution in [0.15, 0.2) is 12.1 Å². The molecule has 0 aliphatic heterocycles. The highest BCUT2D eigenvalue weighted by molar-refractivity contribution is 6.36. The molecule has 118 valence electrons. The number of primary amides is 1. The summed E-state index contributed by atoms with van der Waals surface area (Å²) in [6, 6.07) is 3.29. The zero-order valence-corrected chi connectivity index (χ0v) is 12.3. The first-order valence-corrected chi connectivity index (χ1v) is 6.21. The highest BCUT2D eigenvalue weighted by Crippen LogP contribution is 2.25. The highest BCUT2D eigenvalue weighted by Gasteiger charge is 2.60. The van der Waals surface area contributed by atoms with E-state index in [9.17, 15) is 19.2 Å². The molecular formula is C14H16N2O6. The highest BCUT2D eigenvalue weighted by atomic mass is 16.4. The minimum Gasteiger partial charge on any atom is -0.480 e. The van der Waals surface area contributed by atoms with E-state index in [1.54, 1.807) is 26.0 Å². The Kier molecular flexibility index (Phi) is 4.55. The Morgan fingerprint density at radius 3 is 1.82 bits per heavy atom. The smallest absolute Gasteiger partial charge is 0.340 e. The Morgan fingerprint density at radius 2 is 1.41 bits per heavy atom. The van der Waals surface area contributed by atoms with Gasteiger partial charge < -0.3 is 21.3 Å². The molecule has 0 radical (unpaired) electrons. The average Bonchev–Trinajstić information content (AvgIpc) is 2.35. The first-order valence-electron chi connectivity index (χ1n) is 6.21. The molecule has 0 saturated carbocycles. The normalized spacial score (nSPS) is 10.9. The van der Waals surface area contributed by atoms with Crippen molar-refractivity contribution in [2.45, 2.75) is 20.8 Å². The van der Waals surface area contributed by atoms with Gasteiger partial charge in [-0.2, -0.15) is 0 Å². The summed E-state index contributed by atoms with van der Waals surface area (Å²) in [6.07, 6.45) is 0. The Balaban J connectivity index is 3.35. The number of rotatable bonds is 5. The third-order valence-corrected chi connectivity index (χ3v) is 3.44. The zero-order valence-electron chi connectivity index (χ0n) is 12.3. The van der Waals surface area contributed by atoms with Gasteiger partial charge in [0.25, 0.3) is 11.8 Å². The van der Waals surface area contributed by atoms with Gasteiger partial charge in [-0.1, -0.05) is 6.07 Å². The van der Waals surface area contributed by atoms with E-state index in [1.807, 2.05) is 6.92 Å². The number of hydrogen-bond acceptors (Lipinski definition) is 4. The fourth-order valence-corrected chi connectivity index (χ4v) is 1.92. The van der Waals surface area contributed by atoms with E-state index in [0.29, 0.717) is 5.56 Å². The molecule has 1 aromatic carbocycles. The molecule has 0 unspecified atom stereocenters. The van der Waals surface area contributed by atoms with E-state index in [-0.39, 0.29) is 5.69 Å². The number of carbonyl (C=O) groups excluding carboxylic acids is 2. The second-order valence-corrected chi connectivity index (χ2v) is 4.93. The molecule has 0 saturated heterocycles. The second-order valence-electron chi connectivity index (χ2n) is 4.93. The molecule has 0 aliphatic carbocycles. The Bertz CT molecular complexity index is 644. The van der Waals surface area contributed by atoms with Gasteiger partial charge in [0.05, 0.1) is 0 Å². The minimum absolute atomic E-state index is 0.209. The van der Waals surface area contributed by atoms with Gasteiger partial charge in [0.2, 0.25) is 0 Å². The molecule has 0 atom stereocenters. The molecule has 0 bridgehead atoms. The van der Waals surface area contributed by atoms with Crippen molar-refractivity contribution in [1.82, 2.24) is 0 Å². The molecule has 0 fully saturated rings. The van der Waals surface area contributed by atoms with Crippen LogP contribution in [0.1, 0.15) is 16.7 Å². The second kappa shape index (κ2) is 5.84. The monoisotopic (exact) mass is 308 g/mol. The number of benzene rings is 1. The van der Waals surface area contributed by atoms with Crippen LogP contribution < -0.4 is 11.1 Å². The van der Waals surface area contributed by atoms with Gasteiger partial charge in [0.1, 0.15) is 0 Å². The minimum atomic E-state index is -3.38. The van der Waals surface area contributed by atoms with Gasteiger partial charge in [0.15, 0.2) is 0 Å². The third kappa shape index (κ3) is 2.62. The van der Waals surface area contributed by atoms with Crippen molar-refractivity contribution < 1.29 is 29.4 Å². The van der Waals surface area contributed by atoms with Crippen molar-refractivity contribution >= 4 is 29.4 Å². The lowest BCUT2D eigenvalue weighted by molar-refractivity contribution is -0.170. The van der Waals surface area contributed by atoms with E-state index in [4.69, 9.17) is 15.9 Å². The van der Waals surface area contributed by atoms with Crippen LogP contribution in [0.25, 0.3) is 0 Å². The fourth-order valence-electron chi connectivity index (χ4n) is 1.92. The van der Waals surface area contributed by atoms with Crippen LogP contribution in [0.2, 0.25) is 0 Å². The molecule has 8 heteroatoms. The fraction of sp³-hybridized carbons (Fsp3) is 0.286. The molecule has 5 N–H and O–H groups in total. The molecule has 0 aromatic heterocycles. The quantitative estimate of drug-likeness (QED) is 0.571. The summed E-state index contributed by atoms with van der Waals surface area (Å²) >= 11 is 0. The molecule has 1 aromatic rings. The predicted molar refractivity (Wildman–Crippen MR) is 76.2 cm³/mol. The van der Waals surface area contributed by atoms with Crippen LogP contribution in [0.4, 0.5) is 5.69 Å². The maximum Gasteiger partial charge on any atom is 0.340 e. The average molecular weight is 308 g/mol. The molecule has 2 amide bonds. The maximum absolute atomic E-state index is 12.1. The molecule has 22 heavy (non-hydrogen) atoms. The van der Waals surface area contributed by atoms with E-state index in [1.165, 1.54) is 0 Å². The number of amides is 2. The molecule has 0 aliphatic rings. The summed E-state index contributed by atoms with van der Waals surface area (Å²) in [5.41, 5.74) is 4.01. The number of carboxylic acids is 2. The Labute approximate surface area is 125 Å². The number of nitrogens with two attached hydrogens (primary N) is 1. The topological polar surface area (TPSA) is 147 Å². The van der Waals surface area contributed by atoms with Crippen LogP contribution >= 0.6 is 0 Å². The largest absolute Gasteiger partial charge is 0.480 e. The third-order valence-electron chi connectivity index (χ3n) is 3.44. The number of carbonyl (C=O) groups is 4. The molecule has 0 heterocycles. The van der Waals surface area contributed by atoms with Gasteiger partial charge in [0, 0.05) is 5.69 Å². The van der Waals surface area contributed by atoms with Crippen molar-refractivity contribution in [1.29, 1.82) is 0 Å². The van der Waals surface area contributed by atoms with Gasteiger partial charge in [-0.25, -0.2) is 9.59 Å². The van der Waals surface area contributed by atoms with Crippen molar-refractivity contribution in [2.75, 3.05) is 5.32 Å². The molecule has 8 nitrogen and oxygen atoms in total. The molecule has 0 spiro atoms. The van der Waals surface area contributed by atoms with Crippen LogP contribution in [0, 0.1) is 26.2 Å². The molecular weight excluding hydrogens is 292 g/mol. The summed E-state index contributed by atoms with van der Waals surface area (Å²) in [7, 11) is 0. The van der Waals surface area contributed by atoms with E-state index < -0.39 is 29.2 Å². The standard InChI is InChI=1S/C14H16N2O6/c1-6-4-8(3)9(5-7(6)2)16-11(18)14(10(15)17,12(19)20)13(21)22/h4-5H,1-3H3,(H2,15,17)(H,16,18)(H,19,20)(H,21,22). The number of aryl methyl sites for hydroxylation is 3. The number of aliphatic carboxylic acids is 2. The van der Waals surface area contributed by atoms with E-state index >= 15 is 0 Å². The summed E-state index contributed by atoms with van der Waals surface area (Å²) in [6.45, 7) is 5.26. The van der Waals surface area contributed by atoms with Crippen LogP contribution in [-0.2, 0) is 19.2 Å². The van der Waals surface area contributed by atoms with Gasteiger partial charge in [-0.15, -0.1) is 0 Å². The molecule has 1 rings (SSSR count). The Morgan fingerprint density at radius 1 is 0.955 bits per heavy atom. The number of hydrogen-bond donors (Lipinski definition) is 4. The van der Waals surface area contributed by atoms with Gasteiger partial charge in [-0.3, -0.25) is 9.59 Å². The predicted octanol–water partition coefficient (Wildman–Crippen LogP) is 0.191. The van der Waals surface area contributed by atoms with Crippen molar-refractivity contribution in [3.05, 3.63) is 28.8 Å². The number of nitrogens with one attached hydrogen (secondary N) is 1. The van der Waals surface area contributed by atoms with Crippen LogP contribution in [-0.4, -0.2) is 34.0 Å². The van der Waals surface area contributed by atoms with Crippen LogP contribution in [0.5, 0.6) is 0 Å². The van der Waals surface area contributed by atoms with Crippen molar-refractivity contribution in [2.24, 2.45) is 11.1 Å². The lowest BCUT2D eigenvalue weighted by Gasteiger charge is -2.21. The van der Waals surface area contributed by atoms with E-state index in [0.717, 1.165) is 11.1 Å².